The molecular weight excluding hydrogens is 320 g/mol. The third-order valence-electron chi connectivity index (χ3n) is 2.95. The van der Waals surface area contributed by atoms with Crippen molar-refractivity contribution in [2.24, 2.45) is 0 Å². The van der Waals surface area contributed by atoms with E-state index < -0.39 is 0 Å². The van der Waals surface area contributed by atoms with Gasteiger partial charge in [0.1, 0.15) is 5.75 Å². The Morgan fingerprint density at radius 2 is 2.00 bits per heavy atom. The summed E-state index contributed by atoms with van der Waals surface area (Å²) in [7, 11) is 1.59. The first-order valence-corrected chi connectivity index (χ1v) is 6.81. The molecule has 0 fully saturated rings. The molecule has 0 aliphatic carbocycles. The highest BCUT2D eigenvalue weighted by molar-refractivity contribution is 9.10. The first kappa shape index (κ1) is 14.4. The Morgan fingerprint density at radius 3 is 2.60 bits per heavy atom. The van der Waals surface area contributed by atoms with Crippen molar-refractivity contribution >= 4 is 33.2 Å². The van der Waals surface area contributed by atoms with E-state index in [1.807, 2.05) is 13.0 Å². The number of ether oxygens (including phenoxy) is 1. The van der Waals surface area contributed by atoms with Gasteiger partial charge in [-0.25, -0.2) is 0 Å². The molecule has 0 aliphatic rings. The number of aryl methyl sites for hydroxylation is 1. The lowest BCUT2D eigenvalue weighted by atomic mass is 10.1. The molecule has 0 spiro atoms. The van der Waals surface area contributed by atoms with Gasteiger partial charge in [-0.1, -0.05) is 6.07 Å². The van der Waals surface area contributed by atoms with Crippen LogP contribution in [0.4, 0.5) is 11.4 Å². The minimum Gasteiger partial charge on any atom is -0.496 e. The number of nitrogens with one attached hydrogen (secondary N) is 1. The number of hydrogen-bond acceptors (Lipinski definition) is 3. The summed E-state index contributed by atoms with van der Waals surface area (Å²) in [6.45, 7) is 1.90. The van der Waals surface area contributed by atoms with E-state index >= 15 is 0 Å². The maximum absolute atomic E-state index is 12.1. The second-order valence-electron chi connectivity index (χ2n) is 4.37. The van der Waals surface area contributed by atoms with Gasteiger partial charge in [-0.15, -0.1) is 0 Å². The fourth-order valence-electron chi connectivity index (χ4n) is 1.73. The van der Waals surface area contributed by atoms with Gasteiger partial charge in [0.05, 0.1) is 11.6 Å². The molecule has 2 aromatic rings. The highest BCUT2D eigenvalue weighted by atomic mass is 79.9. The Bertz CT molecular complexity index is 656. The number of nitrogens with two attached hydrogens (primary N) is 1. The largest absolute Gasteiger partial charge is 0.496 e. The highest BCUT2D eigenvalue weighted by Crippen LogP contribution is 2.28. The van der Waals surface area contributed by atoms with Crippen LogP contribution in [0.25, 0.3) is 0 Å². The lowest BCUT2D eigenvalue weighted by Crippen LogP contribution is -2.12. The van der Waals surface area contributed by atoms with Crippen LogP contribution in [0.15, 0.2) is 40.9 Å². The van der Waals surface area contributed by atoms with Gasteiger partial charge in [0.2, 0.25) is 0 Å². The van der Waals surface area contributed by atoms with Crippen molar-refractivity contribution in [1.82, 2.24) is 0 Å². The topological polar surface area (TPSA) is 64.3 Å². The summed E-state index contributed by atoms with van der Waals surface area (Å²) in [5.41, 5.74) is 8.58. The third-order valence-corrected chi connectivity index (χ3v) is 3.57. The molecule has 0 heterocycles. The van der Waals surface area contributed by atoms with Crippen molar-refractivity contribution in [1.29, 1.82) is 0 Å². The average Bonchev–Trinajstić information content (AvgIpc) is 2.42. The van der Waals surface area contributed by atoms with E-state index in [4.69, 9.17) is 10.5 Å². The smallest absolute Gasteiger partial charge is 0.255 e. The van der Waals surface area contributed by atoms with E-state index in [0.29, 0.717) is 22.7 Å². The molecule has 0 saturated heterocycles. The van der Waals surface area contributed by atoms with Crippen LogP contribution in [-0.2, 0) is 0 Å². The Balaban J connectivity index is 2.19. The minimum absolute atomic E-state index is 0.200. The summed E-state index contributed by atoms with van der Waals surface area (Å²) in [5, 5.41) is 2.82. The molecule has 0 atom stereocenters. The predicted octanol–water partition coefficient (Wildman–Crippen LogP) is 3.60. The Morgan fingerprint density at radius 1 is 1.25 bits per heavy atom. The molecule has 5 heteroatoms. The van der Waals surface area contributed by atoms with E-state index in [1.165, 1.54) is 0 Å². The molecule has 0 aliphatic heterocycles. The number of methoxy groups -OCH3 is 1. The molecular formula is C15H15BrN2O2. The average molecular weight is 335 g/mol. The predicted molar refractivity (Wildman–Crippen MR) is 84.2 cm³/mol. The fourth-order valence-corrected chi connectivity index (χ4v) is 2.27. The first-order chi connectivity index (χ1) is 9.51. The third kappa shape index (κ3) is 3.11. The lowest BCUT2D eigenvalue weighted by Gasteiger charge is -2.09. The summed E-state index contributed by atoms with van der Waals surface area (Å²) in [6, 6.07) is 10.6. The summed E-state index contributed by atoms with van der Waals surface area (Å²) in [5.74, 6) is 0.511. The molecule has 104 valence electrons. The van der Waals surface area contributed by atoms with Crippen LogP contribution in [0.3, 0.4) is 0 Å². The number of carbonyl (C=O) groups is 1. The van der Waals surface area contributed by atoms with Gasteiger partial charge in [0, 0.05) is 16.9 Å². The van der Waals surface area contributed by atoms with Gasteiger partial charge >= 0.3 is 0 Å². The maximum Gasteiger partial charge on any atom is 0.255 e. The van der Waals surface area contributed by atoms with Crippen LogP contribution in [-0.4, -0.2) is 13.0 Å². The van der Waals surface area contributed by atoms with E-state index in [0.717, 1.165) is 10.0 Å². The summed E-state index contributed by atoms with van der Waals surface area (Å²) in [4.78, 5) is 12.1. The van der Waals surface area contributed by atoms with Crippen molar-refractivity contribution in [3.63, 3.8) is 0 Å². The molecule has 0 bridgehead atoms. The quantitative estimate of drug-likeness (QED) is 0.843. The molecule has 0 saturated carbocycles. The van der Waals surface area contributed by atoms with Crippen LogP contribution in [0.2, 0.25) is 0 Å². The normalized spacial score (nSPS) is 10.2. The number of amides is 1. The van der Waals surface area contributed by atoms with Gasteiger partial charge in [-0.05, 0) is 58.7 Å². The zero-order valence-electron chi connectivity index (χ0n) is 11.2. The second kappa shape index (κ2) is 5.96. The van der Waals surface area contributed by atoms with Gasteiger partial charge < -0.3 is 15.8 Å². The number of rotatable bonds is 3. The van der Waals surface area contributed by atoms with Crippen molar-refractivity contribution in [3.8, 4) is 5.75 Å². The molecule has 0 radical (unpaired) electrons. The Labute approximate surface area is 126 Å². The van der Waals surface area contributed by atoms with Gasteiger partial charge in [-0.2, -0.15) is 0 Å². The number of carbonyl (C=O) groups excluding carboxylic acids is 1. The summed E-state index contributed by atoms with van der Waals surface area (Å²) >= 11 is 3.38. The molecule has 20 heavy (non-hydrogen) atoms. The zero-order valence-corrected chi connectivity index (χ0v) is 12.8. The van der Waals surface area contributed by atoms with Crippen LogP contribution < -0.4 is 15.8 Å². The second-order valence-corrected chi connectivity index (χ2v) is 5.23. The molecule has 1 amide bonds. The number of halogens is 1. The SMILES string of the molecule is COc1ccc(NC(=O)c2ccc(C)c(N)c2)cc1Br. The summed E-state index contributed by atoms with van der Waals surface area (Å²) < 4.78 is 5.92. The van der Waals surface area contributed by atoms with Crippen LogP contribution >= 0.6 is 15.9 Å². The van der Waals surface area contributed by atoms with E-state index in [2.05, 4.69) is 21.2 Å². The molecule has 2 aromatic carbocycles. The number of anilines is 2. The van der Waals surface area contributed by atoms with Gasteiger partial charge in [0.15, 0.2) is 0 Å². The minimum atomic E-state index is -0.200. The van der Waals surface area contributed by atoms with Crippen LogP contribution in [0.5, 0.6) is 5.75 Å². The zero-order chi connectivity index (χ0) is 14.7. The van der Waals surface area contributed by atoms with Crippen molar-refractivity contribution in [3.05, 3.63) is 52.0 Å². The molecule has 3 N–H and O–H groups in total. The van der Waals surface area contributed by atoms with Crippen molar-refractivity contribution < 1.29 is 9.53 Å². The van der Waals surface area contributed by atoms with E-state index in [1.54, 1.807) is 37.4 Å². The maximum atomic E-state index is 12.1. The lowest BCUT2D eigenvalue weighted by molar-refractivity contribution is 0.102. The fraction of sp³-hybridized carbons (Fsp3) is 0.133. The molecule has 0 unspecified atom stereocenters. The highest BCUT2D eigenvalue weighted by Gasteiger charge is 2.09. The summed E-state index contributed by atoms with van der Waals surface area (Å²) in [6.07, 6.45) is 0. The number of hydrogen-bond donors (Lipinski definition) is 2. The molecule has 2 rings (SSSR count). The Kier molecular flexibility index (Phi) is 4.29. The standard InChI is InChI=1S/C15H15BrN2O2/c1-9-3-4-10(7-13(9)17)15(19)18-11-5-6-14(20-2)12(16)8-11/h3-8H,17H2,1-2H3,(H,18,19). The number of benzene rings is 2. The van der Waals surface area contributed by atoms with Crippen molar-refractivity contribution in [2.75, 3.05) is 18.2 Å². The molecule has 4 nitrogen and oxygen atoms in total. The van der Waals surface area contributed by atoms with Gasteiger partial charge in [-0.3, -0.25) is 4.79 Å². The Hall–Kier alpha value is -2.01. The van der Waals surface area contributed by atoms with Gasteiger partial charge in [0.25, 0.3) is 5.91 Å². The van der Waals surface area contributed by atoms with Crippen LogP contribution in [0, 0.1) is 6.92 Å². The number of nitrogen functional groups attached to an aromatic ring is 1. The van der Waals surface area contributed by atoms with E-state index in [-0.39, 0.29) is 5.91 Å². The molecule has 0 aromatic heterocycles. The first-order valence-electron chi connectivity index (χ1n) is 6.02. The monoisotopic (exact) mass is 334 g/mol. The van der Waals surface area contributed by atoms with Crippen molar-refractivity contribution in [2.45, 2.75) is 6.92 Å². The van der Waals surface area contributed by atoms with E-state index in [9.17, 15) is 4.79 Å². The van der Waals surface area contributed by atoms with Crippen LogP contribution in [0.1, 0.15) is 15.9 Å².